The monoisotopic (exact) mass is 228 g/mol. The van der Waals surface area contributed by atoms with Crippen molar-refractivity contribution >= 4 is 11.9 Å². The van der Waals surface area contributed by atoms with E-state index < -0.39 is 6.03 Å². The Bertz CT molecular complexity index is 257. The minimum atomic E-state index is -0.421. The van der Waals surface area contributed by atoms with Crippen LogP contribution in [0.1, 0.15) is 13.8 Å². The predicted molar refractivity (Wildman–Crippen MR) is 61.1 cm³/mol. The van der Waals surface area contributed by atoms with Crippen molar-refractivity contribution in [3.8, 4) is 0 Å². The minimum absolute atomic E-state index is 0.250. The minimum Gasteiger partial charge on any atom is -0.338 e. The van der Waals surface area contributed by atoms with Crippen LogP contribution in [0.15, 0.2) is 0 Å². The Morgan fingerprint density at radius 2 is 2.25 bits per heavy atom. The molecular weight excluding hydrogens is 208 g/mol. The molecule has 0 aromatic rings. The number of hydrogen-bond donors (Lipinski definition) is 3. The van der Waals surface area contributed by atoms with E-state index in [9.17, 15) is 9.59 Å². The standard InChI is InChI=1S/C10H20N4O2/c1-3-12-10(16)13-9(15)7-14-5-4-11-6-8(14)2/h8,11H,3-7H2,1-2H3,(H2,12,13,15,16)/t8-/m0/s1. The highest BCUT2D eigenvalue weighted by Gasteiger charge is 2.20. The van der Waals surface area contributed by atoms with Crippen molar-refractivity contribution < 1.29 is 9.59 Å². The third-order valence-corrected chi connectivity index (χ3v) is 2.58. The maximum absolute atomic E-state index is 11.5. The average Bonchev–Trinajstić information content (AvgIpc) is 2.21. The Balaban J connectivity index is 2.30. The third kappa shape index (κ3) is 4.16. The van der Waals surface area contributed by atoms with Crippen molar-refractivity contribution in [3.63, 3.8) is 0 Å². The van der Waals surface area contributed by atoms with Crippen LogP contribution in [-0.4, -0.2) is 55.6 Å². The normalized spacial score (nSPS) is 21.5. The summed E-state index contributed by atoms with van der Waals surface area (Å²) in [5.74, 6) is -0.250. The van der Waals surface area contributed by atoms with E-state index >= 15 is 0 Å². The Hall–Kier alpha value is -1.14. The van der Waals surface area contributed by atoms with Crippen molar-refractivity contribution in [2.24, 2.45) is 0 Å². The molecule has 0 radical (unpaired) electrons. The summed E-state index contributed by atoms with van der Waals surface area (Å²) in [6, 6.07) is -0.0935. The lowest BCUT2D eigenvalue weighted by Gasteiger charge is -2.33. The van der Waals surface area contributed by atoms with Gasteiger partial charge in [-0.25, -0.2) is 4.79 Å². The lowest BCUT2D eigenvalue weighted by atomic mass is 10.2. The smallest absolute Gasteiger partial charge is 0.321 e. The van der Waals surface area contributed by atoms with Gasteiger partial charge >= 0.3 is 6.03 Å². The number of urea groups is 1. The van der Waals surface area contributed by atoms with Crippen LogP contribution < -0.4 is 16.0 Å². The topological polar surface area (TPSA) is 73.5 Å². The summed E-state index contributed by atoms with van der Waals surface area (Å²) in [5, 5.41) is 8.07. The maximum Gasteiger partial charge on any atom is 0.321 e. The number of imide groups is 1. The fraction of sp³-hybridized carbons (Fsp3) is 0.800. The van der Waals surface area contributed by atoms with Gasteiger partial charge in [0.05, 0.1) is 6.54 Å². The highest BCUT2D eigenvalue weighted by Crippen LogP contribution is 2.00. The van der Waals surface area contributed by atoms with Gasteiger partial charge in [0.1, 0.15) is 0 Å². The van der Waals surface area contributed by atoms with Crippen LogP contribution in [0.2, 0.25) is 0 Å². The Morgan fingerprint density at radius 3 is 2.88 bits per heavy atom. The fourth-order valence-electron chi connectivity index (χ4n) is 1.67. The first kappa shape index (κ1) is 12.9. The molecule has 1 saturated heterocycles. The van der Waals surface area contributed by atoms with Gasteiger partial charge in [-0.2, -0.15) is 0 Å². The number of carbonyl (C=O) groups excluding carboxylic acids is 2. The van der Waals surface area contributed by atoms with Crippen LogP contribution >= 0.6 is 0 Å². The van der Waals surface area contributed by atoms with Crippen molar-refractivity contribution in [1.29, 1.82) is 0 Å². The van der Waals surface area contributed by atoms with E-state index in [2.05, 4.69) is 27.8 Å². The van der Waals surface area contributed by atoms with Crippen molar-refractivity contribution in [1.82, 2.24) is 20.9 Å². The first-order valence-electron chi connectivity index (χ1n) is 5.66. The summed E-state index contributed by atoms with van der Waals surface area (Å²) < 4.78 is 0. The molecule has 1 heterocycles. The Labute approximate surface area is 95.8 Å². The zero-order valence-electron chi connectivity index (χ0n) is 9.88. The summed E-state index contributed by atoms with van der Waals surface area (Å²) in [5.41, 5.74) is 0. The molecule has 0 bridgehead atoms. The number of hydrogen-bond acceptors (Lipinski definition) is 4. The van der Waals surface area contributed by atoms with E-state index in [1.54, 1.807) is 0 Å². The van der Waals surface area contributed by atoms with Crippen LogP contribution in [0.3, 0.4) is 0 Å². The predicted octanol–water partition coefficient (Wildman–Crippen LogP) is -0.874. The third-order valence-electron chi connectivity index (χ3n) is 2.58. The Kier molecular flexibility index (Phi) is 5.21. The summed E-state index contributed by atoms with van der Waals surface area (Å²) in [4.78, 5) is 24.7. The van der Waals surface area contributed by atoms with Gasteiger partial charge in [-0.05, 0) is 13.8 Å². The van der Waals surface area contributed by atoms with Crippen molar-refractivity contribution in [3.05, 3.63) is 0 Å². The van der Waals surface area contributed by atoms with Gasteiger partial charge < -0.3 is 10.6 Å². The lowest BCUT2D eigenvalue weighted by Crippen LogP contribution is -2.53. The zero-order chi connectivity index (χ0) is 12.0. The van der Waals surface area contributed by atoms with Crippen molar-refractivity contribution in [2.45, 2.75) is 19.9 Å². The van der Waals surface area contributed by atoms with Gasteiger partial charge in [0, 0.05) is 32.2 Å². The second-order valence-electron chi connectivity index (χ2n) is 3.93. The molecule has 6 nitrogen and oxygen atoms in total. The molecule has 0 unspecified atom stereocenters. The van der Waals surface area contributed by atoms with E-state index in [0.717, 1.165) is 19.6 Å². The highest BCUT2D eigenvalue weighted by molar-refractivity contribution is 5.95. The van der Waals surface area contributed by atoms with Gasteiger partial charge in [0.25, 0.3) is 0 Å². The molecule has 1 aliphatic heterocycles. The average molecular weight is 228 g/mol. The largest absolute Gasteiger partial charge is 0.338 e. The molecule has 92 valence electrons. The van der Waals surface area contributed by atoms with Gasteiger partial charge in [0.2, 0.25) is 5.91 Å². The number of amides is 3. The van der Waals surface area contributed by atoms with Crippen molar-refractivity contribution in [2.75, 3.05) is 32.7 Å². The van der Waals surface area contributed by atoms with Gasteiger partial charge in [0.15, 0.2) is 0 Å². The van der Waals surface area contributed by atoms with E-state index in [1.165, 1.54) is 0 Å². The molecule has 1 atom stereocenters. The van der Waals surface area contributed by atoms with Gasteiger partial charge in [-0.3, -0.25) is 15.0 Å². The first-order valence-corrected chi connectivity index (χ1v) is 5.66. The molecule has 0 aliphatic carbocycles. The number of carbonyl (C=O) groups is 2. The molecule has 3 amide bonds. The number of nitrogens with zero attached hydrogens (tertiary/aromatic N) is 1. The van der Waals surface area contributed by atoms with Crippen LogP contribution in [0.5, 0.6) is 0 Å². The highest BCUT2D eigenvalue weighted by atomic mass is 16.2. The van der Waals surface area contributed by atoms with E-state index in [4.69, 9.17) is 0 Å². The number of nitrogens with one attached hydrogen (secondary N) is 3. The molecule has 0 aromatic heterocycles. The van der Waals surface area contributed by atoms with Crippen LogP contribution in [0, 0.1) is 0 Å². The summed E-state index contributed by atoms with van der Waals surface area (Å²) in [6.07, 6.45) is 0. The molecule has 0 aromatic carbocycles. The zero-order valence-corrected chi connectivity index (χ0v) is 9.88. The lowest BCUT2D eigenvalue weighted by molar-refractivity contribution is -0.121. The Morgan fingerprint density at radius 1 is 1.50 bits per heavy atom. The van der Waals surface area contributed by atoms with Crippen LogP contribution in [-0.2, 0) is 4.79 Å². The summed E-state index contributed by atoms with van der Waals surface area (Å²) in [6.45, 7) is 7.27. The maximum atomic E-state index is 11.5. The van der Waals surface area contributed by atoms with Gasteiger partial charge in [-0.15, -0.1) is 0 Å². The van der Waals surface area contributed by atoms with Crippen LogP contribution in [0.4, 0.5) is 4.79 Å². The molecular formula is C10H20N4O2. The second kappa shape index (κ2) is 6.44. The molecule has 1 rings (SSSR count). The fourth-order valence-corrected chi connectivity index (χ4v) is 1.67. The van der Waals surface area contributed by atoms with E-state index in [1.807, 2.05) is 6.92 Å². The molecule has 0 spiro atoms. The molecule has 6 heteroatoms. The van der Waals surface area contributed by atoms with E-state index in [-0.39, 0.29) is 12.5 Å². The molecule has 16 heavy (non-hydrogen) atoms. The molecule has 0 saturated carbocycles. The van der Waals surface area contributed by atoms with E-state index in [0.29, 0.717) is 12.6 Å². The van der Waals surface area contributed by atoms with Gasteiger partial charge in [-0.1, -0.05) is 0 Å². The number of piperazine rings is 1. The summed E-state index contributed by atoms with van der Waals surface area (Å²) >= 11 is 0. The van der Waals surface area contributed by atoms with Crippen LogP contribution in [0.25, 0.3) is 0 Å². The number of rotatable bonds is 3. The summed E-state index contributed by atoms with van der Waals surface area (Å²) in [7, 11) is 0. The first-order chi connectivity index (χ1) is 7.63. The molecule has 1 aliphatic rings. The quantitative estimate of drug-likeness (QED) is 0.587. The SMILES string of the molecule is CCNC(=O)NC(=O)CN1CCNC[C@@H]1C. The molecule has 1 fully saturated rings. The molecule has 3 N–H and O–H groups in total. The second-order valence-corrected chi connectivity index (χ2v) is 3.93.